The average Bonchev–Trinajstić information content (AvgIpc) is 2.74. The lowest BCUT2D eigenvalue weighted by molar-refractivity contribution is -0.105. The van der Waals surface area contributed by atoms with Gasteiger partial charge in [0, 0.05) is 17.5 Å². The quantitative estimate of drug-likeness (QED) is 0.607. The van der Waals surface area contributed by atoms with Crippen LogP contribution in [-0.2, 0) is 11.2 Å². The Morgan fingerprint density at radius 3 is 2.85 bits per heavy atom. The summed E-state index contributed by atoms with van der Waals surface area (Å²) >= 11 is 0. The highest BCUT2D eigenvalue weighted by molar-refractivity contribution is 5.83. The smallest absolute Gasteiger partial charge is 0.146 e. The van der Waals surface area contributed by atoms with E-state index in [1.165, 1.54) is 5.56 Å². The van der Waals surface area contributed by atoms with Gasteiger partial charge in [-0.15, -0.1) is 0 Å². The maximum atomic E-state index is 11.2. The first-order chi connectivity index (χ1) is 9.55. The van der Waals surface area contributed by atoms with Crippen molar-refractivity contribution in [2.45, 2.75) is 40.2 Å². The molecule has 20 heavy (non-hydrogen) atoms. The van der Waals surface area contributed by atoms with Gasteiger partial charge in [0.15, 0.2) is 0 Å². The van der Waals surface area contributed by atoms with Gasteiger partial charge in [-0.05, 0) is 43.5 Å². The van der Waals surface area contributed by atoms with Gasteiger partial charge in [0.05, 0.1) is 6.61 Å². The molecule has 0 amide bonds. The lowest BCUT2D eigenvalue weighted by Crippen LogP contribution is -2.05. The fourth-order valence-electron chi connectivity index (χ4n) is 2.36. The highest BCUT2D eigenvalue weighted by Gasteiger charge is 2.21. The molecule has 0 bridgehead atoms. The van der Waals surface area contributed by atoms with Crippen LogP contribution in [0, 0.1) is 5.92 Å². The van der Waals surface area contributed by atoms with Crippen LogP contribution in [-0.4, -0.2) is 19.0 Å². The predicted octanol–water partition coefficient (Wildman–Crippen LogP) is 3.65. The van der Waals surface area contributed by atoms with Crippen molar-refractivity contribution in [1.29, 1.82) is 0 Å². The van der Waals surface area contributed by atoms with E-state index < -0.39 is 0 Å². The monoisotopic (exact) mass is 274 g/mol. The van der Waals surface area contributed by atoms with Crippen molar-refractivity contribution in [1.82, 2.24) is 0 Å². The van der Waals surface area contributed by atoms with E-state index in [1.807, 2.05) is 39.0 Å². The minimum atomic E-state index is 0.190. The molecule has 2 rings (SSSR count). The molecule has 1 aromatic rings. The van der Waals surface area contributed by atoms with E-state index in [9.17, 15) is 4.79 Å². The maximum absolute atomic E-state index is 11.2. The number of hydrogen-bond donors (Lipinski definition) is 0. The molecule has 0 spiro atoms. The first kappa shape index (κ1) is 14.6. The minimum Gasteiger partial charge on any atom is -0.493 e. The number of benzene rings is 1. The third kappa shape index (κ3) is 3.03. The van der Waals surface area contributed by atoms with Crippen molar-refractivity contribution in [2.75, 3.05) is 6.61 Å². The third-order valence-corrected chi connectivity index (χ3v) is 3.45. The molecule has 0 fully saturated rings. The Bertz CT molecular complexity index is 529. The van der Waals surface area contributed by atoms with Crippen LogP contribution in [0.15, 0.2) is 17.7 Å². The highest BCUT2D eigenvalue weighted by Crippen LogP contribution is 2.36. The summed E-state index contributed by atoms with van der Waals surface area (Å²) in [5, 5.41) is 0. The first-order valence-corrected chi connectivity index (χ1v) is 7.18. The van der Waals surface area contributed by atoms with E-state index in [2.05, 4.69) is 6.92 Å². The molecule has 1 aliphatic rings. The van der Waals surface area contributed by atoms with Crippen LogP contribution in [0.2, 0.25) is 0 Å². The SMILES string of the molecule is CCOc1cc2c(cc1C=C(C=O)C(C)C)OC(C)C2. The van der Waals surface area contributed by atoms with Gasteiger partial charge in [-0.3, -0.25) is 4.79 Å². The number of carbonyl (C=O) groups is 1. The van der Waals surface area contributed by atoms with Crippen LogP contribution in [0.5, 0.6) is 11.5 Å². The van der Waals surface area contributed by atoms with E-state index in [4.69, 9.17) is 9.47 Å². The molecule has 108 valence electrons. The Kier molecular flexibility index (Phi) is 4.48. The number of carbonyl (C=O) groups excluding carboxylic acids is 1. The molecule has 0 aliphatic carbocycles. The summed E-state index contributed by atoms with van der Waals surface area (Å²) in [4.78, 5) is 11.2. The normalized spacial score (nSPS) is 17.9. The maximum Gasteiger partial charge on any atom is 0.146 e. The summed E-state index contributed by atoms with van der Waals surface area (Å²) in [5.74, 6) is 1.92. The van der Waals surface area contributed by atoms with Gasteiger partial charge in [-0.1, -0.05) is 13.8 Å². The first-order valence-electron chi connectivity index (χ1n) is 7.18. The molecule has 0 saturated heterocycles. The Labute approximate surface area is 120 Å². The van der Waals surface area contributed by atoms with Gasteiger partial charge < -0.3 is 9.47 Å². The molecular weight excluding hydrogens is 252 g/mol. The fourth-order valence-corrected chi connectivity index (χ4v) is 2.36. The lowest BCUT2D eigenvalue weighted by atomic mass is 9.99. The molecule has 1 atom stereocenters. The van der Waals surface area contributed by atoms with E-state index in [1.54, 1.807) is 0 Å². The van der Waals surface area contributed by atoms with E-state index in [0.29, 0.717) is 6.61 Å². The standard InChI is InChI=1S/C17H22O3/c1-5-19-16-8-13-6-12(4)20-17(13)9-14(16)7-15(10-18)11(2)3/h7-12H,5-6H2,1-4H3. The van der Waals surface area contributed by atoms with Crippen LogP contribution in [0.4, 0.5) is 0 Å². The van der Waals surface area contributed by atoms with Crippen molar-refractivity contribution in [2.24, 2.45) is 5.92 Å². The number of fused-ring (bicyclic) bond motifs is 1. The van der Waals surface area contributed by atoms with Crippen molar-refractivity contribution in [3.8, 4) is 11.5 Å². The number of aldehydes is 1. The number of hydrogen-bond acceptors (Lipinski definition) is 3. The van der Waals surface area contributed by atoms with Gasteiger partial charge >= 0.3 is 0 Å². The van der Waals surface area contributed by atoms with Gasteiger partial charge in [0.1, 0.15) is 23.9 Å². The summed E-state index contributed by atoms with van der Waals surface area (Å²) in [7, 11) is 0. The van der Waals surface area contributed by atoms with Gasteiger partial charge in [0.2, 0.25) is 0 Å². The minimum absolute atomic E-state index is 0.190. The van der Waals surface area contributed by atoms with E-state index >= 15 is 0 Å². The van der Waals surface area contributed by atoms with Crippen molar-refractivity contribution in [3.05, 3.63) is 28.8 Å². The summed E-state index contributed by atoms with van der Waals surface area (Å²) in [6.45, 7) is 8.64. The zero-order valence-electron chi connectivity index (χ0n) is 12.6. The molecule has 0 aromatic heterocycles. The van der Waals surface area contributed by atoms with Crippen molar-refractivity contribution in [3.63, 3.8) is 0 Å². The Hall–Kier alpha value is -1.77. The largest absolute Gasteiger partial charge is 0.493 e. The second kappa shape index (κ2) is 6.12. The zero-order valence-corrected chi connectivity index (χ0v) is 12.6. The van der Waals surface area contributed by atoms with Gasteiger partial charge in [-0.25, -0.2) is 0 Å². The van der Waals surface area contributed by atoms with Crippen LogP contribution >= 0.6 is 0 Å². The van der Waals surface area contributed by atoms with Crippen molar-refractivity contribution < 1.29 is 14.3 Å². The van der Waals surface area contributed by atoms with Gasteiger partial charge in [0.25, 0.3) is 0 Å². The highest BCUT2D eigenvalue weighted by atomic mass is 16.5. The number of ether oxygens (including phenoxy) is 2. The molecule has 1 aromatic carbocycles. The summed E-state index contributed by atoms with van der Waals surface area (Å²) in [6, 6.07) is 4.02. The Balaban J connectivity index is 2.46. The Morgan fingerprint density at radius 2 is 2.25 bits per heavy atom. The summed E-state index contributed by atoms with van der Waals surface area (Å²) < 4.78 is 11.5. The summed E-state index contributed by atoms with van der Waals surface area (Å²) in [5.41, 5.74) is 2.85. The van der Waals surface area contributed by atoms with E-state index in [-0.39, 0.29) is 12.0 Å². The van der Waals surface area contributed by atoms with Gasteiger partial charge in [-0.2, -0.15) is 0 Å². The Morgan fingerprint density at radius 1 is 1.50 bits per heavy atom. The van der Waals surface area contributed by atoms with Crippen LogP contribution in [0.25, 0.3) is 6.08 Å². The second-order valence-electron chi connectivity index (χ2n) is 5.48. The predicted molar refractivity (Wildman–Crippen MR) is 80.3 cm³/mol. The molecule has 3 heteroatoms. The second-order valence-corrected chi connectivity index (χ2v) is 5.48. The topological polar surface area (TPSA) is 35.5 Å². The number of rotatable bonds is 5. The molecule has 1 aliphatic heterocycles. The molecule has 0 N–H and O–H groups in total. The van der Waals surface area contributed by atoms with Crippen LogP contribution in [0.1, 0.15) is 38.8 Å². The summed E-state index contributed by atoms with van der Waals surface area (Å²) in [6.07, 6.45) is 3.92. The molecule has 3 nitrogen and oxygen atoms in total. The third-order valence-electron chi connectivity index (χ3n) is 3.45. The lowest BCUT2D eigenvalue weighted by Gasteiger charge is -2.11. The number of allylic oxidation sites excluding steroid dienone is 1. The molecule has 1 unspecified atom stereocenters. The van der Waals surface area contributed by atoms with Crippen LogP contribution in [0.3, 0.4) is 0 Å². The van der Waals surface area contributed by atoms with E-state index in [0.717, 1.165) is 35.3 Å². The van der Waals surface area contributed by atoms with Crippen LogP contribution < -0.4 is 9.47 Å². The fraction of sp³-hybridized carbons (Fsp3) is 0.471. The zero-order chi connectivity index (χ0) is 14.7. The average molecular weight is 274 g/mol. The molecule has 0 radical (unpaired) electrons. The van der Waals surface area contributed by atoms with Crippen molar-refractivity contribution >= 4 is 12.4 Å². The molecule has 0 saturated carbocycles. The molecule has 1 heterocycles. The molecular formula is C17H22O3.